The van der Waals surface area contributed by atoms with Crippen LogP contribution in [0.1, 0.15) is 29.6 Å². The molecule has 0 fully saturated rings. The summed E-state index contributed by atoms with van der Waals surface area (Å²) in [6.07, 6.45) is 1.05. The fourth-order valence-electron chi connectivity index (χ4n) is 2.53. The Bertz CT molecular complexity index is 773. The van der Waals surface area contributed by atoms with E-state index in [1.54, 1.807) is 42.5 Å². The van der Waals surface area contributed by atoms with E-state index in [1.165, 1.54) is 0 Å². The molecule has 3 rings (SSSR count). The number of hydrogen-bond acceptors (Lipinski definition) is 4. The maximum absolute atomic E-state index is 12.3. The third-order valence-corrected chi connectivity index (χ3v) is 4.05. The summed E-state index contributed by atoms with van der Waals surface area (Å²) < 4.78 is 10.9. The van der Waals surface area contributed by atoms with Crippen LogP contribution in [0.4, 0.5) is 5.69 Å². The van der Waals surface area contributed by atoms with Gasteiger partial charge in [0.05, 0.1) is 0 Å². The Morgan fingerprint density at radius 2 is 1.68 bits per heavy atom. The van der Waals surface area contributed by atoms with Gasteiger partial charge in [0.15, 0.2) is 17.3 Å². The van der Waals surface area contributed by atoms with Crippen molar-refractivity contribution in [3.05, 3.63) is 53.1 Å². The zero-order valence-corrected chi connectivity index (χ0v) is 14.3. The predicted molar refractivity (Wildman–Crippen MR) is 95.7 cm³/mol. The zero-order valence-electron chi connectivity index (χ0n) is 13.6. The molecule has 1 heterocycles. The van der Waals surface area contributed by atoms with Crippen LogP contribution in [0.15, 0.2) is 42.5 Å². The van der Waals surface area contributed by atoms with E-state index in [0.717, 1.165) is 0 Å². The Morgan fingerprint density at radius 3 is 2.44 bits per heavy atom. The summed E-state index contributed by atoms with van der Waals surface area (Å²) in [5.41, 5.74) is 1.26. The minimum atomic E-state index is -0.128. The number of carbonyl (C=O) groups excluding carboxylic acids is 2. The highest BCUT2D eigenvalue weighted by Gasteiger charge is 2.15. The van der Waals surface area contributed by atoms with Gasteiger partial charge in [0, 0.05) is 29.1 Å². The normalized spacial score (nSPS) is 12.5. The number of anilines is 1. The van der Waals surface area contributed by atoms with E-state index in [4.69, 9.17) is 21.1 Å². The summed E-state index contributed by atoms with van der Waals surface area (Å²) >= 11 is 5.80. The molecule has 130 valence electrons. The number of carbonyl (C=O) groups is 2. The molecule has 2 aromatic rings. The number of amides is 1. The summed E-state index contributed by atoms with van der Waals surface area (Å²) in [5, 5.41) is 3.39. The quantitative estimate of drug-likeness (QED) is 0.788. The number of hydrogen-bond donors (Lipinski definition) is 1. The fourth-order valence-corrected chi connectivity index (χ4v) is 2.65. The van der Waals surface area contributed by atoms with Crippen LogP contribution in [0.25, 0.3) is 0 Å². The lowest BCUT2D eigenvalue weighted by molar-refractivity contribution is -0.116. The highest BCUT2D eigenvalue weighted by molar-refractivity contribution is 6.30. The van der Waals surface area contributed by atoms with Crippen molar-refractivity contribution in [2.75, 3.05) is 18.5 Å². The SMILES string of the molecule is O=C(CCCC(=O)c1ccc2c(c1)OCCO2)Nc1ccc(Cl)cc1. The summed E-state index contributed by atoms with van der Waals surface area (Å²) in [4.78, 5) is 24.2. The van der Waals surface area contributed by atoms with Crippen LogP contribution < -0.4 is 14.8 Å². The van der Waals surface area contributed by atoms with Gasteiger partial charge in [-0.1, -0.05) is 11.6 Å². The first-order chi connectivity index (χ1) is 12.1. The van der Waals surface area contributed by atoms with Crippen molar-refractivity contribution in [3.8, 4) is 11.5 Å². The Kier molecular flexibility index (Phi) is 5.56. The predicted octanol–water partition coefficient (Wildman–Crippen LogP) is 4.10. The van der Waals surface area contributed by atoms with E-state index in [-0.39, 0.29) is 18.1 Å². The van der Waals surface area contributed by atoms with Gasteiger partial charge in [0.1, 0.15) is 13.2 Å². The lowest BCUT2D eigenvalue weighted by Crippen LogP contribution is -2.16. The van der Waals surface area contributed by atoms with E-state index in [2.05, 4.69) is 5.32 Å². The van der Waals surface area contributed by atoms with Gasteiger partial charge in [0.2, 0.25) is 5.91 Å². The molecule has 0 atom stereocenters. The van der Waals surface area contributed by atoms with Crippen molar-refractivity contribution in [3.63, 3.8) is 0 Å². The van der Waals surface area contributed by atoms with Gasteiger partial charge in [-0.3, -0.25) is 9.59 Å². The van der Waals surface area contributed by atoms with Crippen LogP contribution in [-0.4, -0.2) is 24.9 Å². The molecule has 1 aliphatic heterocycles. The molecule has 0 spiro atoms. The van der Waals surface area contributed by atoms with E-state index in [9.17, 15) is 9.59 Å². The minimum Gasteiger partial charge on any atom is -0.486 e. The van der Waals surface area contributed by atoms with Gasteiger partial charge in [-0.05, 0) is 48.9 Å². The Labute approximate surface area is 150 Å². The van der Waals surface area contributed by atoms with Crippen LogP contribution in [0.3, 0.4) is 0 Å². The van der Waals surface area contributed by atoms with Crippen molar-refractivity contribution in [2.24, 2.45) is 0 Å². The number of halogens is 1. The van der Waals surface area contributed by atoms with Crippen LogP contribution in [-0.2, 0) is 4.79 Å². The average molecular weight is 360 g/mol. The van der Waals surface area contributed by atoms with E-state index >= 15 is 0 Å². The number of benzene rings is 2. The number of rotatable bonds is 6. The molecule has 0 radical (unpaired) electrons. The first kappa shape index (κ1) is 17.3. The van der Waals surface area contributed by atoms with Crippen molar-refractivity contribution in [1.29, 1.82) is 0 Å². The number of ether oxygens (including phenoxy) is 2. The molecule has 0 saturated heterocycles. The van der Waals surface area contributed by atoms with Gasteiger partial charge in [-0.25, -0.2) is 0 Å². The zero-order chi connectivity index (χ0) is 17.6. The standard InChI is InChI=1S/C19H18ClNO4/c20-14-5-7-15(8-6-14)21-19(23)3-1-2-16(22)13-4-9-17-18(12-13)25-11-10-24-17/h4-9,12H,1-3,10-11H2,(H,21,23). The van der Waals surface area contributed by atoms with Gasteiger partial charge < -0.3 is 14.8 Å². The molecule has 1 aliphatic rings. The van der Waals surface area contributed by atoms with Crippen LogP contribution in [0.5, 0.6) is 11.5 Å². The Hall–Kier alpha value is -2.53. The summed E-state index contributed by atoms with van der Waals surface area (Å²) in [6.45, 7) is 0.999. The largest absolute Gasteiger partial charge is 0.486 e. The smallest absolute Gasteiger partial charge is 0.224 e. The van der Waals surface area contributed by atoms with Crippen LogP contribution >= 0.6 is 11.6 Å². The number of ketones is 1. The van der Waals surface area contributed by atoms with Crippen molar-refractivity contribution in [1.82, 2.24) is 0 Å². The molecule has 6 heteroatoms. The second-order valence-electron chi connectivity index (χ2n) is 5.69. The monoisotopic (exact) mass is 359 g/mol. The maximum atomic E-state index is 12.3. The van der Waals surface area contributed by atoms with Gasteiger partial charge in [-0.15, -0.1) is 0 Å². The second kappa shape index (κ2) is 8.03. The van der Waals surface area contributed by atoms with E-state index in [0.29, 0.717) is 53.8 Å². The molecule has 5 nitrogen and oxygen atoms in total. The third-order valence-electron chi connectivity index (χ3n) is 3.80. The topological polar surface area (TPSA) is 64.6 Å². The number of Topliss-reactive ketones (excluding diaryl/α,β-unsaturated/α-hetero) is 1. The number of fused-ring (bicyclic) bond motifs is 1. The van der Waals surface area contributed by atoms with Crippen molar-refractivity contribution in [2.45, 2.75) is 19.3 Å². The lowest BCUT2D eigenvalue weighted by atomic mass is 10.0. The molecule has 1 amide bonds. The van der Waals surface area contributed by atoms with E-state index < -0.39 is 0 Å². The van der Waals surface area contributed by atoms with E-state index in [1.807, 2.05) is 0 Å². The first-order valence-corrected chi connectivity index (χ1v) is 8.48. The summed E-state index contributed by atoms with van der Waals surface area (Å²) in [6, 6.07) is 12.1. The molecule has 0 aliphatic carbocycles. The van der Waals surface area contributed by atoms with Crippen LogP contribution in [0, 0.1) is 0 Å². The van der Waals surface area contributed by atoms with Gasteiger partial charge in [0.25, 0.3) is 0 Å². The third kappa shape index (κ3) is 4.73. The highest BCUT2D eigenvalue weighted by Crippen LogP contribution is 2.31. The molecule has 2 aromatic carbocycles. The number of nitrogens with one attached hydrogen (secondary N) is 1. The maximum Gasteiger partial charge on any atom is 0.224 e. The van der Waals surface area contributed by atoms with Crippen molar-refractivity contribution < 1.29 is 19.1 Å². The lowest BCUT2D eigenvalue weighted by Gasteiger charge is -2.18. The average Bonchev–Trinajstić information content (AvgIpc) is 2.63. The van der Waals surface area contributed by atoms with Crippen molar-refractivity contribution >= 4 is 29.0 Å². The van der Waals surface area contributed by atoms with Gasteiger partial charge in [-0.2, -0.15) is 0 Å². The molecule has 25 heavy (non-hydrogen) atoms. The highest BCUT2D eigenvalue weighted by atomic mass is 35.5. The second-order valence-corrected chi connectivity index (χ2v) is 6.13. The Morgan fingerprint density at radius 1 is 0.960 bits per heavy atom. The minimum absolute atomic E-state index is 0.0173. The van der Waals surface area contributed by atoms with Crippen LogP contribution in [0.2, 0.25) is 5.02 Å². The molecular weight excluding hydrogens is 342 g/mol. The molecule has 0 bridgehead atoms. The summed E-state index contributed by atoms with van der Waals surface area (Å²) in [5.74, 6) is 1.11. The Balaban J connectivity index is 1.47. The molecule has 0 aromatic heterocycles. The molecular formula is C19H18ClNO4. The molecule has 1 N–H and O–H groups in total. The summed E-state index contributed by atoms with van der Waals surface area (Å²) in [7, 11) is 0. The molecule has 0 unspecified atom stereocenters. The van der Waals surface area contributed by atoms with Gasteiger partial charge >= 0.3 is 0 Å². The molecule has 0 saturated carbocycles. The fraction of sp³-hybridized carbons (Fsp3) is 0.263. The first-order valence-electron chi connectivity index (χ1n) is 8.10.